The Kier molecular flexibility index (Phi) is 3.42. The molecular weight excluding hydrogens is 249 g/mol. The number of nitrogen functional groups attached to an aromatic ring is 1. The largest absolute Gasteiger partial charge is 0.441 e. The van der Waals surface area contributed by atoms with Gasteiger partial charge < -0.3 is 10.6 Å². The van der Waals surface area contributed by atoms with Crippen molar-refractivity contribution in [1.29, 1.82) is 0 Å². The van der Waals surface area contributed by atoms with Crippen LogP contribution < -0.4 is 10.6 Å². The van der Waals surface area contributed by atoms with E-state index in [0.29, 0.717) is 12.2 Å². The van der Waals surface area contributed by atoms with Gasteiger partial charge in [0.1, 0.15) is 0 Å². The molecule has 0 radical (unpaired) electrons. The van der Waals surface area contributed by atoms with Crippen molar-refractivity contribution in [3.8, 4) is 0 Å². The second-order valence-corrected chi connectivity index (χ2v) is 5.05. The summed E-state index contributed by atoms with van der Waals surface area (Å²) in [7, 11) is 0. The Balaban J connectivity index is 1.98. The molecule has 0 aliphatic carbocycles. The van der Waals surface area contributed by atoms with Gasteiger partial charge in [-0.05, 0) is 29.8 Å². The molecule has 1 aromatic rings. The summed E-state index contributed by atoms with van der Waals surface area (Å²) in [5, 5.41) is 0. The number of fused-ring (bicyclic) bond motifs is 1. The third kappa shape index (κ3) is 3.00. The summed E-state index contributed by atoms with van der Waals surface area (Å²) >= 11 is 0.0185. The van der Waals surface area contributed by atoms with Crippen LogP contribution >= 0.6 is 11.8 Å². The predicted molar refractivity (Wildman–Crippen MR) is 65.3 cm³/mol. The lowest BCUT2D eigenvalue weighted by Gasteiger charge is -2.20. The molecule has 1 aromatic carbocycles. The average molecular weight is 262 g/mol. The van der Waals surface area contributed by atoms with E-state index >= 15 is 0 Å². The highest BCUT2D eigenvalue weighted by Gasteiger charge is 2.29. The lowest BCUT2D eigenvalue weighted by Crippen LogP contribution is -2.25. The molecule has 0 saturated heterocycles. The van der Waals surface area contributed by atoms with E-state index in [-0.39, 0.29) is 17.5 Å². The minimum absolute atomic E-state index is 0.0185. The number of halogens is 3. The summed E-state index contributed by atoms with van der Waals surface area (Å²) < 4.78 is 36.1. The number of rotatable bonds is 3. The zero-order chi connectivity index (χ0) is 12.5. The summed E-state index contributed by atoms with van der Waals surface area (Å²) in [5.74, 6) is 0.0390. The molecule has 0 fully saturated rings. The van der Waals surface area contributed by atoms with Crippen molar-refractivity contribution < 1.29 is 13.2 Å². The fourth-order valence-electron chi connectivity index (χ4n) is 2.06. The molecule has 2 nitrogen and oxygen atoms in total. The number of anilines is 2. The molecule has 0 atom stereocenters. The van der Waals surface area contributed by atoms with E-state index < -0.39 is 5.51 Å². The van der Waals surface area contributed by atoms with E-state index in [4.69, 9.17) is 5.73 Å². The lowest BCUT2D eigenvalue weighted by atomic mass is 10.1. The normalized spacial score (nSPS) is 15.1. The smallest absolute Gasteiger partial charge is 0.397 e. The van der Waals surface area contributed by atoms with Gasteiger partial charge in [-0.25, -0.2) is 0 Å². The van der Waals surface area contributed by atoms with Gasteiger partial charge in [0.25, 0.3) is 0 Å². The summed E-state index contributed by atoms with van der Waals surface area (Å²) in [4.78, 5) is 1.93. The topological polar surface area (TPSA) is 29.3 Å². The molecule has 2 rings (SSSR count). The zero-order valence-corrected chi connectivity index (χ0v) is 9.94. The third-order valence-electron chi connectivity index (χ3n) is 2.75. The molecule has 0 unspecified atom stereocenters. The molecule has 0 bridgehead atoms. The Morgan fingerprint density at radius 2 is 2.12 bits per heavy atom. The molecule has 0 saturated carbocycles. The maximum atomic E-state index is 12.0. The molecule has 0 spiro atoms. The SMILES string of the molecule is Nc1cccc2c1N(CCSC(F)(F)F)CC2. The molecule has 0 aromatic heterocycles. The fraction of sp³-hybridized carbons (Fsp3) is 0.455. The van der Waals surface area contributed by atoms with Gasteiger partial charge in [-0.3, -0.25) is 0 Å². The molecule has 1 heterocycles. The fourth-order valence-corrected chi connectivity index (χ4v) is 2.60. The Morgan fingerprint density at radius 1 is 1.35 bits per heavy atom. The minimum atomic E-state index is -4.15. The number of alkyl halides is 3. The first-order chi connectivity index (χ1) is 7.97. The van der Waals surface area contributed by atoms with Crippen LogP contribution in [0.3, 0.4) is 0 Å². The second-order valence-electron chi connectivity index (χ2n) is 3.89. The number of thioether (sulfide) groups is 1. The predicted octanol–water partition coefficient (Wildman–Crippen LogP) is 2.88. The first-order valence-corrected chi connectivity index (χ1v) is 6.29. The number of para-hydroxylation sites is 1. The van der Waals surface area contributed by atoms with Crippen molar-refractivity contribution in [3.63, 3.8) is 0 Å². The Hall–Kier alpha value is -1.04. The van der Waals surface area contributed by atoms with E-state index in [1.165, 1.54) is 0 Å². The first kappa shape index (κ1) is 12.4. The van der Waals surface area contributed by atoms with E-state index in [9.17, 15) is 13.2 Å². The Labute approximate surface area is 102 Å². The van der Waals surface area contributed by atoms with Gasteiger partial charge in [0, 0.05) is 18.8 Å². The van der Waals surface area contributed by atoms with Gasteiger partial charge in [-0.15, -0.1) is 0 Å². The monoisotopic (exact) mass is 262 g/mol. The van der Waals surface area contributed by atoms with Crippen molar-refractivity contribution in [2.75, 3.05) is 29.5 Å². The number of hydrogen-bond acceptors (Lipinski definition) is 3. The number of nitrogens with zero attached hydrogens (tertiary/aromatic N) is 1. The lowest BCUT2D eigenvalue weighted by molar-refractivity contribution is -0.0327. The number of hydrogen-bond donors (Lipinski definition) is 1. The highest BCUT2D eigenvalue weighted by atomic mass is 32.2. The highest BCUT2D eigenvalue weighted by Crippen LogP contribution is 2.35. The highest BCUT2D eigenvalue weighted by molar-refractivity contribution is 8.00. The van der Waals surface area contributed by atoms with Crippen LogP contribution in [0, 0.1) is 0 Å². The standard InChI is InChI=1S/C11H13F3N2S/c12-11(13,14)17-7-6-16-5-4-8-2-1-3-9(15)10(8)16/h1-3H,4-7,15H2. The summed E-state index contributed by atoms with van der Waals surface area (Å²) in [6.07, 6.45) is 0.858. The van der Waals surface area contributed by atoms with Gasteiger partial charge in [0.2, 0.25) is 0 Å². The molecule has 0 amide bonds. The van der Waals surface area contributed by atoms with Crippen molar-refractivity contribution in [1.82, 2.24) is 0 Å². The molecule has 2 N–H and O–H groups in total. The van der Waals surface area contributed by atoms with Crippen LogP contribution in [0.15, 0.2) is 18.2 Å². The van der Waals surface area contributed by atoms with Crippen LogP contribution in [0.25, 0.3) is 0 Å². The second kappa shape index (κ2) is 4.68. The van der Waals surface area contributed by atoms with Crippen molar-refractivity contribution in [2.24, 2.45) is 0 Å². The quantitative estimate of drug-likeness (QED) is 0.849. The first-order valence-electron chi connectivity index (χ1n) is 5.30. The zero-order valence-electron chi connectivity index (χ0n) is 9.13. The van der Waals surface area contributed by atoms with Gasteiger partial charge in [0.15, 0.2) is 0 Å². The van der Waals surface area contributed by atoms with Gasteiger partial charge >= 0.3 is 5.51 Å². The molecular formula is C11H13F3N2S. The van der Waals surface area contributed by atoms with Crippen molar-refractivity contribution >= 4 is 23.1 Å². The number of nitrogens with two attached hydrogens (primary N) is 1. The van der Waals surface area contributed by atoms with Crippen LogP contribution in [0.2, 0.25) is 0 Å². The van der Waals surface area contributed by atoms with Gasteiger partial charge in [-0.2, -0.15) is 13.2 Å². The Bertz CT molecular complexity index is 406. The molecule has 94 valence electrons. The van der Waals surface area contributed by atoms with E-state index in [1.807, 2.05) is 17.0 Å². The van der Waals surface area contributed by atoms with Crippen LogP contribution in [-0.4, -0.2) is 24.4 Å². The maximum Gasteiger partial charge on any atom is 0.441 e. The van der Waals surface area contributed by atoms with Crippen LogP contribution in [0.4, 0.5) is 24.5 Å². The molecule has 1 aliphatic heterocycles. The molecule has 17 heavy (non-hydrogen) atoms. The maximum absolute atomic E-state index is 12.0. The van der Waals surface area contributed by atoms with E-state index in [0.717, 1.165) is 24.2 Å². The summed E-state index contributed by atoms with van der Waals surface area (Å²) in [5.41, 5.74) is 4.39. The minimum Gasteiger partial charge on any atom is -0.397 e. The van der Waals surface area contributed by atoms with Gasteiger partial charge in [-0.1, -0.05) is 12.1 Å². The Morgan fingerprint density at radius 3 is 2.82 bits per heavy atom. The van der Waals surface area contributed by atoms with Crippen LogP contribution in [0.5, 0.6) is 0 Å². The average Bonchev–Trinajstić information content (AvgIpc) is 2.61. The third-order valence-corrected chi connectivity index (χ3v) is 3.46. The van der Waals surface area contributed by atoms with Crippen molar-refractivity contribution in [3.05, 3.63) is 23.8 Å². The molecule has 6 heteroatoms. The number of benzene rings is 1. The summed E-state index contributed by atoms with van der Waals surface area (Å²) in [6, 6.07) is 5.64. The molecule has 1 aliphatic rings. The van der Waals surface area contributed by atoms with Gasteiger partial charge in [0.05, 0.1) is 11.4 Å². The van der Waals surface area contributed by atoms with E-state index in [2.05, 4.69) is 0 Å². The van der Waals surface area contributed by atoms with E-state index in [1.54, 1.807) is 6.07 Å². The summed E-state index contributed by atoms with van der Waals surface area (Å²) in [6.45, 7) is 1.13. The van der Waals surface area contributed by atoms with Crippen molar-refractivity contribution in [2.45, 2.75) is 11.9 Å². The van der Waals surface area contributed by atoms with Crippen LogP contribution in [-0.2, 0) is 6.42 Å². The van der Waals surface area contributed by atoms with Crippen LogP contribution in [0.1, 0.15) is 5.56 Å².